The fourth-order valence-corrected chi connectivity index (χ4v) is 1.84. The van der Waals surface area contributed by atoms with Crippen molar-refractivity contribution >= 4 is 29.0 Å². The normalized spacial score (nSPS) is 11.4. The van der Waals surface area contributed by atoms with Crippen molar-refractivity contribution in [1.29, 1.82) is 0 Å². The summed E-state index contributed by atoms with van der Waals surface area (Å²) in [4.78, 5) is 15.6. The zero-order valence-electron chi connectivity index (χ0n) is 10.3. The SMILES string of the molecule is Cc1c(Cl)cccc1N=C(C(=O)O)c1ccccc1. The largest absolute Gasteiger partial charge is 0.476 e. The number of aliphatic imine (C=N–C) groups is 1. The minimum atomic E-state index is -1.06. The molecule has 96 valence electrons. The summed E-state index contributed by atoms with van der Waals surface area (Å²) >= 11 is 6.01. The molecule has 0 saturated heterocycles. The molecule has 0 spiro atoms. The van der Waals surface area contributed by atoms with Crippen molar-refractivity contribution in [3.05, 3.63) is 64.7 Å². The van der Waals surface area contributed by atoms with Gasteiger partial charge in [-0.3, -0.25) is 0 Å². The molecule has 0 fully saturated rings. The van der Waals surface area contributed by atoms with E-state index in [1.165, 1.54) is 0 Å². The second-order valence-electron chi connectivity index (χ2n) is 4.02. The predicted molar refractivity (Wildman–Crippen MR) is 76.5 cm³/mol. The van der Waals surface area contributed by atoms with Gasteiger partial charge in [-0.15, -0.1) is 0 Å². The second-order valence-corrected chi connectivity index (χ2v) is 4.42. The average Bonchev–Trinajstić information content (AvgIpc) is 2.41. The molecular weight excluding hydrogens is 262 g/mol. The molecule has 1 N–H and O–H groups in total. The highest BCUT2D eigenvalue weighted by Gasteiger charge is 2.13. The van der Waals surface area contributed by atoms with Gasteiger partial charge < -0.3 is 5.11 Å². The number of hydrogen-bond donors (Lipinski definition) is 1. The Balaban J connectivity index is 2.54. The zero-order chi connectivity index (χ0) is 13.8. The highest BCUT2D eigenvalue weighted by molar-refractivity contribution is 6.43. The third-order valence-corrected chi connectivity index (χ3v) is 3.13. The predicted octanol–water partition coefficient (Wildman–Crippen LogP) is 3.85. The molecular formula is C15H12ClNO2. The lowest BCUT2D eigenvalue weighted by atomic mass is 10.1. The van der Waals surface area contributed by atoms with Gasteiger partial charge in [0.15, 0.2) is 5.71 Å². The van der Waals surface area contributed by atoms with E-state index in [2.05, 4.69) is 4.99 Å². The molecule has 4 heteroatoms. The number of carbonyl (C=O) groups is 1. The molecule has 2 aromatic rings. The van der Waals surface area contributed by atoms with E-state index >= 15 is 0 Å². The number of rotatable bonds is 3. The van der Waals surface area contributed by atoms with Gasteiger partial charge in [0.25, 0.3) is 0 Å². The van der Waals surface area contributed by atoms with Gasteiger partial charge in [-0.1, -0.05) is 48.0 Å². The lowest BCUT2D eigenvalue weighted by Gasteiger charge is -2.05. The summed E-state index contributed by atoms with van der Waals surface area (Å²) in [6, 6.07) is 14.1. The molecule has 0 saturated carbocycles. The summed E-state index contributed by atoms with van der Waals surface area (Å²) in [6.45, 7) is 1.81. The highest BCUT2D eigenvalue weighted by Crippen LogP contribution is 2.26. The molecule has 0 aliphatic rings. The van der Waals surface area contributed by atoms with E-state index in [-0.39, 0.29) is 5.71 Å². The van der Waals surface area contributed by atoms with Gasteiger partial charge in [-0.05, 0) is 24.6 Å². The summed E-state index contributed by atoms with van der Waals surface area (Å²) < 4.78 is 0. The Morgan fingerprint density at radius 3 is 2.42 bits per heavy atom. The first-order chi connectivity index (χ1) is 9.09. The van der Waals surface area contributed by atoms with Crippen molar-refractivity contribution in [3.8, 4) is 0 Å². The van der Waals surface area contributed by atoms with Crippen LogP contribution in [0.1, 0.15) is 11.1 Å². The first-order valence-electron chi connectivity index (χ1n) is 5.72. The van der Waals surface area contributed by atoms with Crippen LogP contribution in [0.4, 0.5) is 5.69 Å². The molecule has 0 amide bonds. The Hall–Kier alpha value is -2.13. The maximum Gasteiger partial charge on any atom is 0.355 e. The van der Waals surface area contributed by atoms with E-state index in [1.54, 1.807) is 42.5 Å². The first-order valence-corrected chi connectivity index (χ1v) is 6.10. The molecule has 0 unspecified atom stereocenters. The van der Waals surface area contributed by atoms with Crippen LogP contribution in [0.3, 0.4) is 0 Å². The zero-order valence-corrected chi connectivity index (χ0v) is 11.1. The van der Waals surface area contributed by atoms with Crippen LogP contribution in [0, 0.1) is 6.92 Å². The van der Waals surface area contributed by atoms with Crippen LogP contribution in [0.5, 0.6) is 0 Å². The van der Waals surface area contributed by atoms with Crippen LogP contribution < -0.4 is 0 Å². The summed E-state index contributed by atoms with van der Waals surface area (Å²) in [5, 5.41) is 9.85. The third-order valence-electron chi connectivity index (χ3n) is 2.72. The van der Waals surface area contributed by atoms with Crippen LogP contribution in [-0.4, -0.2) is 16.8 Å². The van der Waals surface area contributed by atoms with Crippen molar-refractivity contribution in [2.75, 3.05) is 0 Å². The van der Waals surface area contributed by atoms with Gasteiger partial charge in [-0.25, -0.2) is 9.79 Å². The van der Waals surface area contributed by atoms with Crippen LogP contribution >= 0.6 is 11.6 Å². The van der Waals surface area contributed by atoms with E-state index in [4.69, 9.17) is 11.6 Å². The maximum absolute atomic E-state index is 11.3. The molecule has 0 aliphatic carbocycles. The van der Waals surface area contributed by atoms with E-state index in [0.29, 0.717) is 16.3 Å². The number of aliphatic carboxylic acids is 1. The van der Waals surface area contributed by atoms with Gasteiger partial charge in [0.2, 0.25) is 0 Å². The molecule has 2 rings (SSSR count). The minimum Gasteiger partial charge on any atom is -0.476 e. The topological polar surface area (TPSA) is 49.7 Å². The fourth-order valence-electron chi connectivity index (χ4n) is 1.67. The van der Waals surface area contributed by atoms with E-state index in [0.717, 1.165) is 5.56 Å². The van der Waals surface area contributed by atoms with Gasteiger partial charge >= 0.3 is 5.97 Å². The quantitative estimate of drug-likeness (QED) is 0.864. The number of benzene rings is 2. The molecule has 0 bridgehead atoms. The van der Waals surface area contributed by atoms with Crippen molar-refractivity contribution in [2.45, 2.75) is 6.92 Å². The maximum atomic E-state index is 11.3. The molecule has 0 radical (unpaired) electrons. The molecule has 2 aromatic carbocycles. The van der Waals surface area contributed by atoms with Crippen molar-refractivity contribution in [3.63, 3.8) is 0 Å². The molecule has 0 aromatic heterocycles. The minimum absolute atomic E-state index is 0.00552. The molecule has 19 heavy (non-hydrogen) atoms. The molecule has 0 aliphatic heterocycles. The van der Waals surface area contributed by atoms with Crippen molar-refractivity contribution in [2.24, 2.45) is 4.99 Å². The van der Waals surface area contributed by atoms with E-state index < -0.39 is 5.97 Å². The van der Waals surface area contributed by atoms with E-state index in [9.17, 15) is 9.90 Å². The van der Waals surface area contributed by atoms with Crippen LogP contribution in [0.2, 0.25) is 5.02 Å². The van der Waals surface area contributed by atoms with Crippen LogP contribution in [-0.2, 0) is 4.79 Å². The van der Waals surface area contributed by atoms with Gasteiger partial charge in [0, 0.05) is 10.6 Å². The third kappa shape index (κ3) is 3.01. The summed E-state index contributed by atoms with van der Waals surface area (Å²) in [6.07, 6.45) is 0. The van der Waals surface area contributed by atoms with Gasteiger partial charge in [0.05, 0.1) is 5.69 Å². The Morgan fingerprint density at radius 2 is 1.79 bits per heavy atom. The first kappa shape index (κ1) is 13.3. The number of halogens is 1. The summed E-state index contributed by atoms with van der Waals surface area (Å²) in [5.41, 5.74) is 1.90. The standard InChI is InChI=1S/C15H12ClNO2/c1-10-12(16)8-5-9-13(10)17-14(15(18)19)11-6-3-2-4-7-11/h2-9H,1H3,(H,18,19). The van der Waals surface area contributed by atoms with Crippen LogP contribution in [0.25, 0.3) is 0 Å². The van der Waals surface area contributed by atoms with Gasteiger partial charge in [-0.2, -0.15) is 0 Å². The summed E-state index contributed by atoms with van der Waals surface area (Å²) in [5.74, 6) is -1.06. The van der Waals surface area contributed by atoms with Crippen LogP contribution in [0.15, 0.2) is 53.5 Å². The number of hydrogen-bond acceptors (Lipinski definition) is 2. The van der Waals surface area contributed by atoms with Crippen molar-refractivity contribution < 1.29 is 9.90 Å². The number of nitrogens with zero attached hydrogens (tertiary/aromatic N) is 1. The number of carboxylic acids is 1. The Bertz CT molecular complexity index is 636. The second kappa shape index (κ2) is 5.67. The smallest absolute Gasteiger partial charge is 0.355 e. The molecule has 0 atom stereocenters. The highest BCUT2D eigenvalue weighted by atomic mass is 35.5. The summed E-state index contributed by atoms with van der Waals surface area (Å²) in [7, 11) is 0. The average molecular weight is 274 g/mol. The fraction of sp³-hybridized carbons (Fsp3) is 0.0667. The van der Waals surface area contributed by atoms with Crippen molar-refractivity contribution in [1.82, 2.24) is 0 Å². The lowest BCUT2D eigenvalue weighted by Crippen LogP contribution is -2.14. The lowest BCUT2D eigenvalue weighted by molar-refractivity contribution is -0.129. The van der Waals surface area contributed by atoms with E-state index in [1.807, 2.05) is 13.0 Å². The Morgan fingerprint density at radius 1 is 1.11 bits per heavy atom. The number of carboxylic acid groups (broad SMARTS) is 1. The molecule has 3 nitrogen and oxygen atoms in total. The van der Waals surface area contributed by atoms with Gasteiger partial charge in [0.1, 0.15) is 0 Å². The Labute approximate surface area is 116 Å². The monoisotopic (exact) mass is 273 g/mol. The molecule has 0 heterocycles. The Kier molecular flexibility index (Phi) is 3.97.